The maximum atomic E-state index is 12.7. The van der Waals surface area contributed by atoms with Crippen LogP contribution in [0.4, 0.5) is 14.5 Å². The molecule has 2 aromatic carbocycles. The number of hydrogen-bond donors (Lipinski definition) is 2. The number of benzene rings is 2. The van der Waals surface area contributed by atoms with Gasteiger partial charge in [-0.15, -0.1) is 10.2 Å². The number of fused-ring (bicyclic) bond motifs is 1. The highest BCUT2D eigenvalue weighted by Crippen LogP contribution is 2.32. The lowest BCUT2D eigenvalue weighted by Crippen LogP contribution is -2.18. The second-order valence-electron chi connectivity index (χ2n) is 8.01. The lowest BCUT2D eigenvalue weighted by Gasteiger charge is -2.15. The third-order valence-electron chi connectivity index (χ3n) is 5.67. The zero-order valence-electron chi connectivity index (χ0n) is 18.6. The summed E-state index contributed by atoms with van der Waals surface area (Å²) in [5.41, 5.74) is 2.09. The van der Waals surface area contributed by atoms with Gasteiger partial charge in [-0.05, 0) is 31.0 Å². The minimum absolute atomic E-state index is 0.0144. The van der Waals surface area contributed by atoms with Gasteiger partial charge in [0.25, 0.3) is 0 Å². The van der Waals surface area contributed by atoms with Crippen molar-refractivity contribution >= 4 is 34.3 Å². The number of rotatable bonds is 9. The number of hydrogen-bond acceptors (Lipinski definition) is 6. The van der Waals surface area contributed by atoms with Gasteiger partial charge in [0, 0.05) is 29.3 Å². The Morgan fingerprint density at radius 2 is 2.06 bits per heavy atom. The van der Waals surface area contributed by atoms with Gasteiger partial charge in [-0.2, -0.15) is 8.78 Å². The number of amides is 1. The van der Waals surface area contributed by atoms with Crippen molar-refractivity contribution in [2.75, 3.05) is 17.7 Å². The Hall–Kier alpha value is -3.44. The highest BCUT2D eigenvalue weighted by Gasteiger charge is 2.23. The predicted octanol–water partition coefficient (Wildman–Crippen LogP) is 4.94. The number of para-hydroxylation sites is 3. The van der Waals surface area contributed by atoms with Gasteiger partial charge < -0.3 is 19.8 Å². The first kappa shape index (κ1) is 23.3. The van der Waals surface area contributed by atoms with Crippen LogP contribution in [0, 0.1) is 0 Å². The van der Waals surface area contributed by atoms with Gasteiger partial charge in [0.2, 0.25) is 5.91 Å². The molecular weight excluding hydrogens is 476 g/mol. The van der Waals surface area contributed by atoms with Crippen LogP contribution < -0.4 is 10.1 Å². The van der Waals surface area contributed by atoms with Crippen LogP contribution in [-0.2, 0) is 16.1 Å². The molecule has 0 radical (unpaired) electrons. The lowest BCUT2D eigenvalue weighted by atomic mass is 10.1. The number of ether oxygens (including phenoxy) is 2. The summed E-state index contributed by atoms with van der Waals surface area (Å²) in [5.74, 6) is 0.238. The first-order valence-electron chi connectivity index (χ1n) is 11.2. The van der Waals surface area contributed by atoms with Crippen LogP contribution in [0.15, 0.2) is 59.9 Å². The average molecular weight is 500 g/mol. The van der Waals surface area contributed by atoms with Crippen molar-refractivity contribution in [3.8, 4) is 17.1 Å². The number of alkyl halides is 2. The third-order valence-corrected chi connectivity index (χ3v) is 6.63. The van der Waals surface area contributed by atoms with Gasteiger partial charge in [-0.3, -0.25) is 9.36 Å². The first-order valence-corrected chi connectivity index (χ1v) is 12.1. The van der Waals surface area contributed by atoms with E-state index >= 15 is 0 Å². The molecule has 2 aromatic heterocycles. The number of nitrogens with one attached hydrogen (secondary N) is 2. The molecule has 1 atom stereocenters. The first-order chi connectivity index (χ1) is 17.1. The van der Waals surface area contributed by atoms with E-state index in [2.05, 4.69) is 25.2 Å². The predicted molar refractivity (Wildman–Crippen MR) is 129 cm³/mol. The summed E-state index contributed by atoms with van der Waals surface area (Å²) in [5, 5.41) is 13.0. The number of carbonyl (C=O) groups excluding carboxylic acids is 1. The van der Waals surface area contributed by atoms with E-state index in [1.165, 1.54) is 23.9 Å². The molecule has 4 aromatic rings. The molecule has 1 fully saturated rings. The Morgan fingerprint density at radius 3 is 2.89 bits per heavy atom. The van der Waals surface area contributed by atoms with Crippen LogP contribution in [0.1, 0.15) is 12.8 Å². The van der Waals surface area contributed by atoms with E-state index < -0.39 is 6.61 Å². The fourth-order valence-electron chi connectivity index (χ4n) is 4.09. The number of nitrogens with zero attached hydrogens (tertiary/aromatic N) is 3. The Morgan fingerprint density at radius 1 is 1.23 bits per heavy atom. The molecule has 1 amide bonds. The van der Waals surface area contributed by atoms with E-state index in [9.17, 15) is 13.6 Å². The molecule has 1 unspecified atom stereocenters. The Kier molecular flexibility index (Phi) is 6.96. The molecule has 8 nitrogen and oxygen atoms in total. The summed E-state index contributed by atoms with van der Waals surface area (Å²) in [6.45, 7) is -1.70. The summed E-state index contributed by atoms with van der Waals surface area (Å²) >= 11 is 1.22. The number of aromatic nitrogens is 4. The molecule has 182 valence electrons. The molecule has 1 aliphatic heterocycles. The molecule has 1 aliphatic rings. The maximum Gasteiger partial charge on any atom is 0.387 e. The van der Waals surface area contributed by atoms with Crippen LogP contribution >= 0.6 is 11.8 Å². The van der Waals surface area contributed by atoms with E-state index in [1.54, 1.807) is 12.1 Å². The minimum atomic E-state index is -2.98. The topological polar surface area (TPSA) is 94.1 Å². The Balaban J connectivity index is 1.36. The molecule has 35 heavy (non-hydrogen) atoms. The van der Waals surface area contributed by atoms with Crippen LogP contribution in [0.2, 0.25) is 0 Å². The average Bonchev–Trinajstić information content (AvgIpc) is 3.59. The van der Waals surface area contributed by atoms with Crippen molar-refractivity contribution in [1.29, 1.82) is 0 Å². The molecule has 5 rings (SSSR count). The van der Waals surface area contributed by atoms with Crippen molar-refractivity contribution in [3.63, 3.8) is 0 Å². The van der Waals surface area contributed by atoms with Crippen LogP contribution in [0.3, 0.4) is 0 Å². The molecule has 0 saturated carbocycles. The quantitative estimate of drug-likeness (QED) is 0.317. The van der Waals surface area contributed by atoms with Crippen LogP contribution in [0.25, 0.3) is 22.3 Å². The van der Waals surface area contributed by atoms with Gasteiger partial charge in [0.1, 0.15) is 5.75 Å². The second-order valence-corrected chi connectivity index (χ2v) is 8.95. The van der Waals surface area contributed by atoms with Gasteiger partial charge in [0.05, 0.1) is 24.1 Å². The number of anilines is 1. The number of aromatic amines is 1. The highest BCUT2D eigenvalue weighted by atomic mass is 32.2. The lowest BCUT2D eigenvalue weighted by molar-refractivity contribution is -0.113. The monoisotopic (exact) mass is 499 g/mol. The van der Waals surface area contributed by atoms with E-state index in [0.717, 1.165) is 35.9 Å². The van der Waals surface area contributed by atoms with Crippen molar-refractivity contribution in [3.05, 3.63) is 54.7 Å². The van der Waals surface area contributed by atoms with Crippen LogP contribution in [0.5, 0.6) is 5.75 Å². The van der Waals surface area contributed by atoms with E-state index in [-0.39, 0.29) is 29.2 Å². The smallest absolute Gasteiger partial charge is 0.387 e. The summed E-state index contributed by atoms with van der Waals surface area (Å²) < 4.78 is 37.6. The van der Waals surface area contributed by atoms with E-state index in [0.29, 0.717) is 17.5 Å². The van der Waals surface area contributed by atoms with Crippen molar-refractivity contribution in [2.24, 2.45) is 0 Å². The zero-order valence-corrected chi connectivity index (χ0v) is 19.4. The standard InChI is InChI=1S/C24H23F2N5O3S/c25-23(26)34-20-10-4-3-9-19(20)28-21(32)14-35-24-30-29-22(31(24)13-15-6-5-11-33-15)17-12-27-18-8-2-1-7-16(17)18/h1-4,7-10,12,15,23,27H,5-6,11,13-14H2,(H,28,32). The molecule has 0 spiro atoms. The van der Waals surface area contributed by atoms with Crippen LogP contribution in [-0.4, -0.2) is 50.7 Å². The number of halogens is 2. The summed E-state index contributed by atoms with van der Waals surface area (Å²) in [6, 6.07) is 14.0. The fourth-order valence-corrected chi connectivity index (χ4v) is 4.84. The molecule has 0 aliphatic carbocycles. The second kappa shape index (κ2) is 10.4. The van der Waals surface area contributed by atoms with Gasteiger partial charge in [-0.1, -0.05) is 42.1 Å². The molecule has 11 heteroatoms. The Bertz CT molecular complexity index is 1320. The SMILES string of the molecule is O=C(CSc1nnc(-c2c[nH]c3ccccc23)n1CC1CCCO1)Nc1ccccc1OC(F)F. The molecule has 3 heterocycles. The number of thioether (sulfide) groups is 1. The van der Waals surface area contributed by atoms with Crippen molar-refractivity contribution in [2.45, 2.75) is 37.3 Å². The number of H-pyrrole nitrogens is 1. The summed E-state index contributed by atoms with van der Waals surface area (Å²) in [4.78, 5) is 15.9. The third kappa shape index (κ3) is 5.30. The van der Waals surface area contributed by atoms with Gasteiger partial charge >= 0.3 is 6.61 Å². The zero-order chi connectivity index (χ0) is 24.2. The highest BCUT2D eigenvalue weighted by molar-refractivity contribution is 7.99. The molecular formula is C24H23F2N5O3S. The largest absolute Gasteiger partial charge is 0.433 e. The van der Waals surface area contributed by atoms with E-state index in [1.807, 2.05) is 35.0 Å². The number of carbonyl (C=O) groups is 1. The van der Waals surface area contributed by atoms with Gasteiger partial charge in [-0.25, -0.2) is 0 Å². The maximum absolute atomic E-state index is 12.7. The summed E-state index contributed by atoms with van der Waals surface area (Å²) in [6.07, 6.45) is 3.89. The molecule has 2 N–H and O–H groups in total. The van der Waals surface area contributed by atoms with E-state index in [4.69, 9.17) is 4.74 Å². The molecule has 1 saturated heterocycles. The molecule has 0 bridgehead atoms. The fraction of sp³-hybridized carbons (Fsp3) is 0.292. The minimum Gasteiger partial charge on any atom is -0.433 e. The van der Waals surface area contributed by atoms with Crippen molar-refractivity contribution < 1.29 is 23.0 Å². The van der Waals surface area contributed by atoms with Gasteiger partial charge in [0.15, 0.2) is 11.0 Å². The Labute approximate surface area is 204 Å². The normalized spacial score (nSPS) is 15.7. The van der Waals surface area contributed by atoms with Crippen molar-refractivity contribution in [1.82, 2.24) is 19.7 Å². The summed E-state index contributed by atoms with van der Waals surface area (Å²) in [7, 11) is 0.